The van der Waals surface area contributed by atoms with E-state index < -0.39 is 36.1 Å². The number of unbranched alkanes of at least 4 members (excludes halogenated alkanes) is 2. The van der Waals surface area contributed by atoms with Crippen LogP contribution in [0, 0.1) is 0 Å². The van der Waals surface area contributed by atoms with E-state index in [1.165, 1.54) is 0 Å². The zero-order chi connectivity index (χ0) is 29.8. The molecule has 2 rings (SSSR count). The van der Waals surface area contributed by atoms with Gasteiger partial charge in [0.05, 0.1) is 19.8 Å². The molecule has 0 bridgehead atoms. The highest BCUT2D eigenvalue weighted by Gasteiger charge is 2.54. The smallest absolute Gasteiger partial charge is 0.126 e. The maximum Gasteiger partial charge on any atom is 0.126 e. The summed E-state index contributed by atoms with van der Waals surface area (Å²) < 4.78 is 11.4. The Morgan fingerprint density at radius 1 is 0.800 bits per heavy atom. The summed E-state index contributed by atoms with van der Waals surface area (Å²) in [5.74, 6) is 1.32. The van der Waals surface area contributed by atoms with Crippen LogP contribution in [-0.2, 0) is 12.8 Å². The van der Waals surface area contributed by atoms with Gasteiger partial charge < -0.3 is 40.1 Å². The summed E-state index contributed by atoms with van der Waals surface area (Å²) in [6.45, 7) is 10.0. The molecule has 40 heavy (non-hydrogen) atoms. The number of hydrogen-bond acceptors (Lipinski definition) is 8. The zero-order valence-electron chi connectivity index (χ0n) is 24.1. The minimum atomic E-state index is -2.43. The van der Waals surface area contributed by atoms with Crippen LogP contribution < -0.4 is 9.47 Å². The second kappa shape index (κ2) is 16.1. The van der Waals surface area contributed by atoms with Crippen molar-refractivity contribution in [1.82, 2.24) is 0 Å². The molecule has 0 aromatic heterocycles. The summed E-state index contributed by atoms with van der Waals surface area (Å²) in [5, 5.41) is 66.1. The first kappa shape index (κ1) is 33.7. The fraction of sp³-hybridized carbons (Fsp3) is 0.562. The van der Waals surface area contributed by atoms with Crippen molar-refractivity contribution >= 4 is 0 Å². The third-order valence-electron chi connectivity index (χ3n) is 7.03. The predicted octanol–water partition coefficient (Wildman–Crippen LogP) is 3.33. The van der Waals surface area contributed by atoms with Gasteiger partial charge in [0.2, 0.25) is 0 Å². The van der Waals surface area contributed by atoms with Gasteiger partial charge in [-0.3, -0.25) is 0 Å². The number of rotatable bonds is 19. The highest BCUT2D eigenvalue weighted by atomic mass is 16.5. The molecule has 8 heteroatoms. The van der Waals surface area contributed by atoms with Crippen LogP contribution in [0.4, 0.5) is 0 Å². The second-order valence-corrected chi connectivity index (χ2v) is 10.9. The minimum Gasteiger partial charge on any atom is -0.494 e. The van der Waals surface area contributed by atoms with E-state index in [0.717, 1.165) is 25.7 Å². The molecule has 0 fully saturated rings. The lowest BCUT2D eigenvalue weighted by Crippen LogP contribution is -2.66. The van der Waals surface area contributed by atoms with Gasteiger partial charge in [0.25, 0.3) is 0 Å². The van der Waals surface area contributed by atoms with Gasteiger partial charge in [0, 0.05) is 12.8 Å². The van der Waals surface area contributed by atoms with E-state index in [1.54, 1.807) is 55.5 Å². The van der Waals surface area contributed by atoms with Crippen molar-refractivity contribution < 1.29 is 40.1 Å². The molecule has 0 saturated heterocycles. The molecule has 0 aliphatic heterocycles. The Balaban J connectivity index is 2.38. The van der Waals surface area contributed by atoms with Crippen LogP contribution in [0.25, 0.3) is 0 Å². The maximum atomic E-state index is 11.9. The Labute approximate surface area is 238 Å². The summed E-state index contributed by atoms with van der Waals surface area (Å²) in [6, 6.07) is 13.9. The van der Waals surface area contributed by atoms with Crippen LogP contribution in [0.2, 0.25) is 0 Å². The number of aliphatic hydroxyl groups excluding tert-OH is 4. The molecule has 224 valence electrons. The lowest BCUT2D eigenvalue weighted by molar-refractivity contribution is -0.228. The first-order chi connectivity index (χ1) is 19.0. The molecule has 8 nitrogen and oxygen atoms in total. The number of aliphatic hydroxyl groups is 6. The van der Waals surface area contributed by atoms with Crippen molar-refractivity contribution in [3.63, 3.8) is 0 Å². The summed E-state index contributed by atoms with van der Waals surface area (Å²) >= 11 is 0. The molecule has 0 radical (unpaired) electrons. The largest absolute Gasteiger partial charge is 0.494 e. The second-order valence-electron chi connectivity index (χ2n) is 10.9. The highest BCUT2D eigenvalue weighted by Crippen LogP contribution is 2.36. The van der Waals surface area contributed by atoms with Gasteiger partial charge in [-0.15, -0.1) is 6.58 Å². The normalized spacial score (nSPS) is 16.8. The lowest BCUT2D eigenvalue weighted by Gasteiger charge is -2.46. The standard InChI is InChI=1S/C32H48O8/c1-5-7-17-39-26-13-9-24(10-14-26)20-31(37,19-23(3)4)30(36)32(38,29(35)28(34)22-33)21-25-11-15-27(16-12-25)40-18-8-6-2/h9-16,28-30,33-38H,3,5-8,17-22H2,1-2,4H3/t28-,29+,30+,31?,32+/m0/s1. The molecule has 2 aromatic rings. The van der Waals surface area contributed by atoms with E-state index in [1.807, 2.05) is 0 Å². The zero-order valence-corrected chi connectivity index (χ0v) is 24.1. The molecular weight excluding hydrogens is 512 g/mol. The first-order valence-electron chi connectivity index (χ1n) is 14.2. The summed E-state index contributed by atoms with van der Waals surface area (Å²) in [6.07, 6.45) is -2.29. The van der Waals surface area contributed by atoms with Gasteiger partial charge in [0.1, 0.15) is 41.0 Å². The van der Waals surface area contributed by atoms with E-state index in [9.17, 15) is 30.6 Å². The van der Waals surface area contributed by atoms with Crippen LogP contribution in [0.5, 0.6) is 11.5 Å². The Morgan fingerprint density at radius 3 is 1.65 bits per heavy atom. The van der Waals surface area contributed by atoms with Gasteiger partial charge >= 0.3 is 0 Å². The molecule has 0 aliphatic carbocycles. The number of hydrogen-bond donors (Lipinski definition) is 6. The van der Waals surface area contributed by atoms with E-state index >= 15 is 0 Å². The number of benzene rings is 2. The number of ether oxygens (including phenoxy) is 2. The maximum absolute atomic E-state index is 11.9. The predicted molar refractivity (Wildman–Crippen MR) is 156 cm³/mol. The quantitative estimate of drug-likeness (QED) is 0.114. The topological polar surface area (TPSA) is 140 Å². The van der Waals surface area contributed by atoms with Crippen molar-refractivity contribution in [3.05, 3.63) is 71.8 Å². The third kappa shape index (κ3) is 9.58. The lowest BCUT2D eigenvalue weighted by atomic mass is 9.71. The van der Waals surface area contributed by atoms with E-state index in [2.05, 4.69) is 20.4 Å². The summed E-state index contributed by atoms with van der Waals surface area (Å²) in [4.78, 5) is 0. The van der Waals surface area contributed by atoms with Crippen LogP contribution >= 0.6 is 0 Å². The molecule has 0 spiro atoms. The Hall–Kier alpha value is -2.46. The average molecular weight is 561 g/mol. The fourth-order valence-electron chi connectivity index (χ4n) is 4.80. The van der Waals surface area contributed by atoms with Crippen LogP contribution in [0.3, 0.4) is 0 Å². The van der Waals surface area contributed by atoms with E-state index in [0.29, 0.717) is 41.4 Å². The molecule has 1 unspecified atom stereocenters. The van der Waals surface area contributed by atoms with Crippen LogP contribution in [0.1, 0.15) is 64.0 Å². The molecular formula is C32H48O8. The molecule has 0 aliphatic rings. The van der Waals surface area contributed by atoms with Crippen molar-refractivity contribution in [3.8, 4) is 11.5 Å². The van der Waals surface area contributed by atoms with Crippen molar-refractivity contribution in [2.75, 3.05) is 19.8 Å². The molecule has 2 aromatic carbocycles. The van der Waals surface area contributed by atoms with Gasteiger partial charge in [0.15, 0.2) is 0 Å². The molecule has 6 N–H and O–H groups in total. The van der Waals surface area contributed by atoms with Gasteiger partial charge in [-0.1, -0.05) is 56.5 Å². The van der Waals surface area contributed by atoms with Crippen LogP contribution in [-0.4, -0.2) is 80.0 Å². The summed E-state index contributed by atoms with van der Waals surface area (Å²) in [5.41, 5.74) is -2.65. The first-order valence-corrected chi connectivity index (χ1v) is 14.2. The monoisotopic (exact) mass is 560 g/mol. The van der Waals surface area contributed by atoms with Gasteiger partial charge in [-0.25, -0.2) is 0 Å². The van der Waals surface area contributed by atoms with Crippen molar-refractivity contribution in [2.24, 2.45) is 0 Å². The minimum absolute atomic E-state index is 0.0786. The molecule has 5 atom stereocenters. The Morgan fingerprint density at radius 2 is 1.25 bits per heavy atom. The molecule has 0 heterocycles. The Kier molecular flexibility index (Phi) is 13.6. The molecule has 0 amide bonds. The van der Waals surface area contributed by atoms with E-state index in [-0.39, 0.29) is 19.3 Å². The summed E-state index contributed by atoms with van der Waals surface area (Å²) in [7, 11) is 0. The SMILES string of the molecule is C=C(C)CC(O)(Cc1ccc(OCCCC)cc1)[C@@H](O)[C@@](O)(Cc1ccc(OCCCC)cc1)[C@H](O)[C@@H](O)CO. The molecule has 0 saturated carbocycles. The van der Waals surface area contributed by atoms with E-state index in [4.69, 9.17) is 9.47 Å². The third-order valence-corrected chi connectivity index (χ3v) is 7.03. The average Bonchev–Trinajstić information content (AvgIpc) is 2.93. The van der Waals surface area contributed by atoms with Crippen molar-refractivity contribution in [2.45, 2.75) is 95.2 Å². The highest BCUT2D eigenvalue weighted by molar-refractivity contribution is 5.31. The van der Waals surface area contributed by atoms with Gasteiger partial charge in [-0.2, -0.15) is 0 Å². The fourth-order valence-corrected chi connectivity index (χ4v) is 4.80. The van der Waals surface area contributed by atoms with Crippen LogP contribution in [0.15, 0.2) is 60.7 Å². The Bertz CT molecular complexity index is 1010. The van der Waals surface area contributed by atoms with Crippen molar-refractivity contribution in [1.29, 1.82) is 0 Å². The van der Waals surface area contributed by atoms with Gasteiger partial charge in [-0.05, 0) is 61.6 Å².